The molecular formula is C31H26N2. The maximum atomic E-state index is 5.03. The predicted molar refractivity (Wildman–Crippen MR) is 137 cm³/mol. The number of benzene rings is 3. The normalized spacial score (nSPS) is 11.3. The number of hydrogen-bond acceptors (Lipinski definition) is 2. The molecule has 0 fully saturated rings. The van der Waals surface area contributed by atoms with E-state index in [1.54, 1.807) is 0 Å². The number of aromatic nitrogens is 2. The average molecular weight is 427 g/mol. The largest absolute Gasteiger partial charge is 0.260 e. The van der Waals surface area contributed by atoms with Crippen LogP contribution in [-0.2, 0) is 5.41 Å². The highest BCUT2D eigenvalue weighted by atomic mass is 14.7. The fraction of sp³-hybridized carbons (Fsp3) is 0.0968. The second-order valence-electron chi connectivity index (χ2n) is 8.78. The standard InChI is InChI=1S/C31H26N2/c1-31(2,30-19-6-7-20-32-30)27-16-9-15-26(22-27)29-18-10-17-28(33-29)25-14-8-13-24(21-25)23-11-4-3-5-12-23/h3-22H,1-2H3. The lowest BCUT2D eigenvalue weighted by Crippen LogP contribution is -2.20. The van der Waals surface area contributed by atoms with Gasteiger partial charge in [0.05, 0.1) is 17.1 Å². The lowest BCUT2D eigenvalue weighted by atomic mass is 9.80. The number of nitrogens with zero attached hydrogens (tertiary/aromatic N) is 2. The highest BCUT2D eigenvalue weighted by Crippen LogP contribution is 2.33. The van der Waals surface area contributed by atoms with Gasteiger partial charge in [0.25, 0.3) is 0 Å². The zero-order valence-corrected chi connectivity index (χ0v) is 18.9. The van der Waals surface area contributed by atoms with Crippen LogP contribution in [0.2, 0.25) is 0 Å². The Kier molecular flexibility index (Phi) is 5.58. The van der Waals surface area contributed by atoms with E-state index in [1.165, 1.54) is 16.7 Å². The first-order chi connectivity index (χ1) is 16.1. The van der Waals surface area contributed by atoms with Crippen LogP contribution in [0.15, 0.2) is 121 Å². The van der Waals surface area contributed by atoms with E-state index in [0.717, 1.165) is 28.2 Å². The first-order valence-electron chi connectivity index (χ1n) is 11.3. The summed E-state index contributed by atoms with van der Waals surface area (Å²) in [5.41, 5.74) is 8.65. The smallest absolute Gasteiger partial charge is 0.0709 e. The van der Waals surface area contributed by atoms with Crippen LogP contribution in [0.1, 0.15) is 25.1 Å². The van der Waals surface area contributed by atoms with E-state index in [9.17, 15) is 0 Å². The van der Waals surface area contributed by atoms with Crippen LogP contribution in [0.3, 0.4) is 0 Å². The monoisotopic (exact) mass is 426 g/mol. The van der Waals surface area contributed by atoms with Gasteiger partial charge in [-0.05, 0) is 53.1 Å². The molecule has 0 aliphatic rings. The molecule has 160 valence electrons. The zero-order chi connectivity index (χ0) is 22.7. The Morgan fingerprint density at radius 2 is 1.12 bits per heavy atom. The highest BCUT2D eigenvalue weighted by molar-refractivity contribution is 5.73. The Bertz CT molecular complexity index is 1370. The first kappa shape index (κ1) is 20.8. The molecule has 0 aliphatic carbocycles. The second-order valence-corrected chi connectivity index (χ2v) is 8.78. The van der Waals surface area contributed by atoms with Gasteiger partial charge in [0.15, 0.2) is 0 Å². The average Bonchev–Trinajstić information content (AvgIpc) is 2.90. The molecule has 2 nitrogen and oxygen atoms in total. The van der Waals surface area contributed by atoms with Gasteiger partial charge >= 0.3 is 0 Å². The highest BCUT2D eigenvalue weighted by Gasteiger charge is 2.24. The quantitative estimate of drug-likeness (QED) is 0.286. The van der Waals surface area contributed by atoms with Crippen LogP contribution in [0.25, 0.3) is 33.6 Å². The summed E-state index contributed by atoms with van der Waals surface area (Å²) in [7, 11) is 0. The molecule has 0 unspecified atom stereocenters. The number of rotatable bonds is 5. The van der Waals surface area contributed by atoms with Crippen LogP contribution >= 0.6 is 0 Å². The molecule has 2 heteroatoms. The zero-order valence-electron chi connectivity index (χ0n) is 18.9. The van der Waals surface area contributed by atoms with Crippen molar-refractivity contribution in [2.75, 3.05) is 0 Å². The third-order valence-corrected chi connectivity index (χ3v) is 6.20. The van der Waals surface area contributed by atoms with Gasteiger partial charge in [0.2, 0.25) is 0 Å². The summed E-state index contributed by atoms with van der Waals surface area (Å²) in [6, 6.07) is 40.0. The Morgan fingerprint density at radius 1 is 0.515 bits per heavy atom. The molecule has 0 radical (unpaired) electrons. The van der Waals surface area contributed by atoms with Gasteiger partial charge in [-0.15, -0.1) is 0 Å². The van der Waals surface area contributed by atoms with Gasteiger partial charge in [-0.3, -0.25) is 4.98 Å². The van der Waals surface area contributed by atoms with E-state index in [2.05, 4.69) is 116 Å². The summed E-state index contributed by atoms with van der Waals surface area (Å²) in [5, 5.41) is 0. The molecule has 5 rings (SSSR count). The third-order valence-electron chi connectivity index (χ3n) is 6.20. The van der Waals surface area contributed by atoms with Crippen molar-refractivity contribution in [2.24, 2.45) is 0 Å². The lowest BCUT2D eigenvalue weighted by molar-refractivity contribution is 0.617. The Balaban J connectivity index is 1.50. The van der Waals surface area contributed by atoms with E-state index in [4.69, 9.17) is 4.98 Å². The van der Waals surface area contributed by atoms with Gasteiger partial charge < -0.3 is 0 Å². The van der Waals surface area contributed by atoms with E-state index < -0.39 is 0 Å². The van der Waals surface area contributed by atoms with Crippen LogP contribution in [-0.4, -0.2) is 9.97 Å². The second kappa shape index (κ2) is 8.84. The summed E-state index contributed by atoms with van der Waals surface area (Å²) in [4.78, 5) is 9.63. The molecule has 5 aromatic rings. The molecule has 0 N–H and O–H groups in total. The molecule has 0 bridgehead atoms. The topological polar surface area (TPSA) is 25.8 Å². The molecule has 0 aliphatic heterocycles. The van der Waals surface area contributed by atoms with Crippen LogP contribution in [0.5, 0.6) is 0 Å². The van der Waals surface area contributed by atoms with Gasteiger partial charge in [0.1, 0.15) is 0 Å². The summed E-state index contributed by atoms with van der Waals surface area (Å²) >= 11 is 0. The molecule has 2 heterocycles. The molecule has 0 spiro atoms. The number of hydrogen-bond donors (Lipinski definition) is 0. The van der Waals surface area contributed by atoms with Gasteiger partial charge in [-0.1, -0.05) is 92.7 Å². The molecule has 0 saturated carbocycles. The van der Waals surface area contributed by atoms with Gasteiger partial charge in [-0.2, -0.15) is 0 Å². The van der Waals surface area contributed by atoms with Gasteiger partial charge in [0, 0.05) is 22.7 Å². The molecule has 0 atom stereocenters. The van der Waals surface area contributed by atoms with Crippen LogP contribution < -0.4 is 0 Å². The summed E-state index contributed by atoms with van der Waals surface area (Å²) < 4.78 is 0. The van der Waals surface area contributed by atoms with Crippen molar-refractivity contribution < 1.29 is 0 Å². The van der Waals surface area contributed by atoms with Crippen LogP contribution in [0.4, 0.5) is 0 Å². The van der Waals surface area contributed by atoms with Gasteiger partial charge in [-0.25, -0.2) is 4.98 Å². The lowest BCUT2D eigenvalue weighted by Gasteiger charge is -2.25. The number of pyridine rings is 2. The molecule has 0 saturated heterocycles. The predicted octanol–water partition coefficient (Wildman–Crippen LogP) is 7.80. The Labute approximate surface area is 195 Å². The molecule has 0 amide bonds. The van der Waals surface area contributed by atoms with Crippen molar-refractivity contribution in [1.29, 1.82) is 0 Å². The Morgan fingerprint density at radius 3 is 1.85 bits per heavy atom. The summed E-state index contributed by atoms with van der Waals surface area (Å²) in [6.45, 7) is 4.43. The fourth-order valence-corrected chi connectivity index (χ4v) is 4.19. The minimum Gasteiger partial charge on any atom is -0.260 e. The SMILES string of the molecule is CC(C)(c1cccc(-c2cccc(-c3cccc(-c4ccccc4)c3)n2)c1)c1ccccn1. The van der Waals surface area contributed by atoms with E-state index in [0.29, 0.717) is 0 Å². The maximum Gasteiger partial charge on any atom is 0.0709 e. The maximum absolute atomic E-state index is 5.03. The molecule has 3 aromatic carbocycles. The summed E-state index contributed by atoms with van der Waals surface area (Å²) in [6.07, 6.45) is 1.86. The molecule has 33 heavy (non-hydrogen) atoms. The van der Waals surface area contributed by atoms with E-state index in [-0.39, 0.29) is 5.41 Å². The van der Waals surface area contributed by atoms with Crippen molar-refractivity contribution >= 4 is 0 Å². The van der Waals surface area contributed by atoms with Crippen molar-refractivity contribution in [3.8, 4) is 33.6 Å². The van der Waals surface area contributed by atoms with E-state index in [1.807, 2.05) is 24.4 Å². The summed E-state index contributed by atoms with van der Waals surface area (Å²) in [5.74, 6) is 0. The molecular weight excluding hydrogens is 400 g/mol. The van der Waals surface area contributed by atoms with Crippen molar-refractivity contribution in [3.05, 3.63) is 133 Å². The fourth-order valence-electron chi connectivity index (χ4n) is 4.19. The van der Waals surface area contributed by atoms with Crippen LogP contribution in [0, 0.1) is 0 Å². The van der Waals surface area contributed by atoms with Crippen molar-refractivity contribution in [3.63, 3.8) is 0 Å². The van der Waals surface area contributed by atoms with Crippen molar-refractivity contribution in [2.45, 2.75) is 19.3 Å². The minimum atomic E-state index is -0.196. The Hall–Kier alpha value is -4.04. The van der Waals surface area contributed by atoms with Crippen molar-refractivity contribution in [1.82, 2.24) is 9.97 Å². The third kappa shape index (κ3) is 4.33. The minimum absolute atomic E-state index is 0.196. The first-order valence-corrected chi connectivity index (χ1v) is 11.3. The van der Waals surface area contributed by atoms with E-state index >= 15 is 0 Å². The molecule has 2 aromatic heterocycles.